The van der Waals surface area contributed by atoms with Crippen LogP contribution in [0.2, 0.25) is 0 Å². The van der Waals surface area contributed by atoms with Gasteiger partial charge in [0.25, 0.3) is 0 Å². The molecule has 0 nitrogen and oxygen atoms in total. The Morgan fingerprint density at radius 1 is 0.900 bits per heavy atom. The van der Waals surface area contributed by atoms with Gasteiger partial charge in [0, 0.05) is 0 Å². The lowest BCUT2D eigenvalue weighted by Crippen LogP contribution is -2.24. The Hall–Kier alpha value is -0.780. The molecule has 0 aromatic heterocycles. The van der Waals surface area contributed by atoms with Crippen molar-refractivity contribution in [2.45, 2.75) is 65.2 Å². The molecule has 0 saturated heterocycles. The van der Waals surface area contributed by atoms with Crippen LogP contribution in [0.1, 0.15) is 65.2 Å². The van der Waals surface area contributed by atoms with Crippen molar-refractivity contribution >= 4 is 0 Å². The molecule has 2 saturated carbocycles. The first-order valence-corrected chi connectivity index (χ1v) is 8.66. The minimum absolute atomic E-state index is 0.822. The Kier molecular flexibility index (Phi) is 6.13. The zero-order valence-electron chi connectivity index (χ0n) is 13.5. The van der Waals surface area contributed by atoms with Crippen molar-refractivity contribution in [2.24, 2.45) is 23.7 Å². The third-order valence-electron chi connectivity index (χ3n) is 5.61. The van der Waals surface area contributed by atoms with Gasteiger partial charge in [0.15, 0.2) is 0 Å². The van der Waals surface area contributed by atoms with E-state index < -0.39 is 0 Å². The van der Waals surface area contributed by atoms with E-state index >= 15 is 0 Å². The summed E-state index contributed by atoms with van der Waals surface area (Å²) in [5.74, 6) is 3.91. The largest absolute Gasteiger partial charge is 0.0988 e. The first kappa shape index (κ1) is 15.6. The highest BCUT2D eigenvalue weighted by Gasteiger charge is 2.29. The van der Waals surface area contributed by atoms with Gasteiger partial charge in [0.05, 0.1) is 0 Å². The number of rotatable bonds is 4. The van der Waals surface area contributed by atoms with Crippen molar-refractivity contribution in [1.82, 2.24) is 0 Å². The fourth-order valence-electron chi connectivity index (χ4n) is 4.00. The van der Waals surface area contributed by atoms with Gasteiger partial charge in [0.2, 0.25) is 0 Å². The molecule has 112 valence electrons. The van der Waals surface area contributed by atoms with Crippen molar-refractivity contribution in [3.63, 3.8) is 0 Å². The van der Waals surface area contributed by atoms with Gasteiger partial charge in [-0.2, -0.15) is 0 Å². The third kappa shape index (κ3) is 4.65. The van der Waals surface area contributed by atoms with Gasteiger partial charge in [-0.1, -0.05) is 56.2 Å². The first-order chi connectivity index (χ1) is 9.69. The van der Waals surface area contributed by atoms with Crippen LogP contribution in [0.4, 0.5) is 0 Å². The molecule has 2 fully saturated rings. The zero-order chi connectivity index (χ0) is 14.4. The van der Waals surface area contributed by atoms with E-state index in [4.69, 9.17) is 0 Å². The molecule has 0 heteroatoms. The third-order valence-corrected chi connectivity index (χ3v) is 5.61. The zero-order valence-corrected chi connectivity index (χ0v) is 13.5. The van der Waals surface area contributed by atoms with E-state index in [-0.39, 0.29) is 0 Å². The maximum Gasteiger partial charge on any atom is -0.0230 e. The topological polar surface area (TPSA) is 0 Å². The number of allylic oxidation sites excluding steroid dienone is 5. The standard InChI is InChI=1S/C20H32/c1-4-16(2)6-5-7-18-10-14-20(15-11-18)19-12-8-17(3)9-13-19/h4-7,17-20H,1,8-15H2,2-3H3/b7-5+,16-6-. The summed E-state index contributed by atoms with van der Waals surface area (Å²) in [5.41, 5.74) is 1.26. The van der Waals surface area contributed by atoms with E-state index in [9.17, 15) is 0 Å². The molecule has 0 aliphatic heterocycles. The second-order valence-corrected chi connectivity index (χ2v) is 7.19. The molecule has 0 aromatic carbocycles. The minimum Gasteiger partial charge on any atom is -0.0988 e. The molecule has 2 aliphatic rings. The summed E-state index contributed by atoms with van der Waals surface area (Å²) in [6.45, 7) is 8.33. The monoisotopic (exact) mass is 272 g/mol. The molecule has 0 unspecified atom stereocenters. The van der Waals surface area contributed by atoms with Gasteiger partial charge >= 0.3 is 0 Å². The molecule has 20 heavy (non-hydrogen) atoms. The van der Waals surface area contributed by atoms with Crippen LogP contribution < -0.4 is 0 Å². The van der Waals surface area contributed by atoms with Crippen molar-refractivity contribution in [2.75, 3.05) is 0 Å². The van der Waals surface area contributed by atoms with Gasteiger partial charge < -0.3 is 0 Å². The molecule has 0 aromatic rings. The van der Waals surface area contributed by atoms with Crippen LogP contribution in [0.3, 0.4) is 0 Å². The van der Waals surface area contributed by atoms with Crippen molar-refractivity contribution in [3.05, 3.63) is 36.5 Å². The van der Waals surface area contributed by atoms with Gasteiger partial charge in [-0.15, -0.1) is 0 Å². The Labute approximate surface area is 126 Å². The summed E-state index contributed by atoms with van der Waals surface area (Å²) in [5, 5.41) is 0. The van der Waals surface area contributed by atoms with E-state index in [0.29, 0.717) is 0 Å². The van der Waals surface area contributed by atoms with E-state index in [1.807, 2.05) is 6.08 Å². The fourth-order valence-corrected chi connectivity index (χ4v) is 4.00. The molecule has 0 spiro atoms. The second-order valence-electron chi connectivity index (χ2n) is 7.19. The Morgan fingerprint density at radius 3 is 2.00 bits per heavy atom. The molecule has 0 atom stereocenters. The van der Waals surface area contributed by atoms with Gasteiger partial charge in [-0.3, -0.25) is 0 Å². The van der Waals surface area contributed by atoms with Gasteiger partial charge in [-0.05, 0) is 69.1 Å². The average Bonchev–Trinajstić information content (AvgIpc) is 2.48. The fraction of sp³-hybridized carbons (Fsp3) is 0.700. The summed E-state index contributed by atoms with van der Waals surface area (Å²) < 4.78 is 0. The van der Waals surface area contributed by atoms with Crippen molar-refractivity contribution < 1.29 is 0 Å². The lowest BCUT2D eigenvalue weighted by atomic mass is 9.69. The lowest BCUT2D eigenvalue weighted by Gasteiger charge is -2.36. The Morgan fingerprint density at radius 2 is 1.45 bits per heavy atom. The normalized spacial score (nSPS) is 36.2. The van der Waals surface area contributed by atoms with Crippen molar-refractivity contribution in [3.8, 4) is 0 Å². The summed E-state index contributed by atoms with van der Waals surface area (Å²) in [6.07, 6.45) is 20.5. The molecule has 0 N–H and O–H groups in total. The van der Waals surface area contributed by atoms with Crippen LogP contribution in [0.25, 0.3) is 0 Å². The smallest absolute Gasteiger partial charge is 0.0230 e. The maximum atomic E-state index is 3.79. The van der Waals surface area contributed by atoms with E-state index in [0.717, 1.165) is 23.7 Å². The highest BCUT2D eigenvalue weighted by Crippen LogP contribution is 2.41. The maximum absolute atomic E-state index is 3.79. The van der Waals surface area contributed by atoms with Crippen LogP contribution in [0.5, 0.6) is 0 Å². The first-order valence-electron chi connectivity index (χ1n) is 8.66. The number of hydrogen-bond donors (Lipinski definition) is 0. The molecule has 2 rings (SSSR count). The predicted molar refractivity (Wildman–Crippen MR) is 89.7 cm³/mol. The molecule has 0 amide bonds. The summed E-state index contributed by atoms with van der Waals surface area (Å²) in [7, 11) is 0. The van der Waals surface area contributed by atoms with E-state index in [1.165, 1.54) is 56.9 Å². The lowest BCUT2D eigenvalue weighted by molar-refractivity contribution is 0.160. The van der Waals surface area contributed by atoms with E-state index in [2.05, 4.69) is 38.7 Å². The molecule has 0 heterocycles. The second kappa shape index (κ2) is 7.86. The quantitative estimate of drug-likeness (QED) is 0.526. The molecular formula is C20H32. The van der Waals surface area contributed by atoms with Crippen LogP contribution in [0, 0.1) is 23.7 Å². The number of hydrogen-bond acceptors (Lipinski definition) is 0. The minimum atomic E-state index is 0.822. The van der Waals surface area contributed by atoms with Gasteiger partial charge in [0.1, 0.15) is 0 Å². The van der Waals surface area contributed by atoms with E-state index in [1.54, 1.807) is 0 Å². The Balaban J connectivity index is 1.73. The highest BCUT2D eigenvalue weighted by molar-refractivity contribution is 5.19. The van der Waals surface area contributed by atoms with Crippen LogP contribution in [0.15, 0.2) is 36.5 Å². The molecule has 0 radical (unpaired) electrons. The summed E-state index contributed by atoms with van der Waals surface area (Å²) in [6, 6.07) is 0. The van der Waals surface area contributed by atoms with Gasteiger partial charge in [-0.25, -0.2) is 0 Å². The summed E-state index contributed by atoms with van der Waals surface area (Å²) in [4.78, 5) is 0. The van der Waals surface area contributed by atoms with Crippen molar-refractivity contribution in [1.29, 1.82) is 0 Å². The summed E-state index contributed by atoms with van der Waals surface area (Å²) >= 11 is 0. The molecule has 2 aliphatic carbocycles. The molecule has 0 bridgehead atoms. The SMILES string of the molecule is C=C/C(C)=C\C=C\C1CCC(C2CCC(C)CC2)CC1. The van der Waals surface area contributed by atoms with Crippen LogP contribution >= 0.6 is 0 Å². The Bertz CT molecular complexity index is 344. The highest BCUT2D eigenvalue weighted by atomic mass is 14.3. The molecular weight excluding hydrogens is 240 g/mol. The average molecular weight is 272 g/mol. The predicted octanol–water partition coefficient (Wildman–Crippen LogP) is 6.31. The van der Waals surface area contributed by atoms with Crippen LogP contribution in [-0.2, 0) is 0 Å². The van der Waals surface area contributed by atoms with Crippen LogP contribution in [-0.4, -0.2) is 0 Å².